The van der Waals surface area contributed by atoms with Crippen LogP contribution >= 0.6 is 0 Å². The molecule has 0 saturated carbocycles. The molecule has 0 aliphatic carbocycles. The summed E-state index contributed by atoms with van der Waals surface area (Å²) in [6.07, 6.45) is 1.35. The van der Waals surface area contributed by atoms with Crippen LogP contribution in [0.1, 0.15) is 0 Å². The highest BCUT2D eigenvalue weighted by molar-refractivity contribution is 5.93. The Kier molecular flexibility index (Phi) is 4.93. The number of fused-ring (bicyclic) bond motifs is 1. The molecule has 2 aromatic carbocycles. The molecule has 3 aromatic rings. The molecule has 0 fully saturated rings. The lowest BCUT2D eigenvalue weighted by Gasteiger charge is -2.10. The number of nitrogens with zero attached hydrogens (tertiary/aromatic N) is 2. The second kappa shape index (κ2) is 7.47. The maximum absolute atomic E-state index is 12.4. The SMILES string of the molecule is CNC(=O)Nc1cccc(NC(=O)Cn2cnc3ccccc3c2=O)c1. The smallest absolute Gasteiger partial charge is 0.318 e. The second-order valence-corrected chi connectivity index (χ2v) is 5.53. The third-order valence-corrected chi connectivity index (χ3v) is 3.68. The first kappa shape index (κ1) is 17.2. The summed E-state index contributed by atoms with van der Waals surface area (Å²) in [7, 11) is 1.51. The van der Waals surface area contributed by atoms with E-state index >= 15 is 0 Å². The molecule has 0 aliphatic heterocycles. The van der Waals surface area contributed by atoms with Gasteiger partial charge in [0.05, 0.1) is 17.2 Å². The third kappa shape index (κ3) is 3.86. The van der Waals surface area contributed by atoms with Gasteiger partial charge in [-0.3, -0.25) is 14.2 Å². The Balaban J connectivity index is 1.73. The normalized spacial score (nSPS) is 10.3. The average Bonchev–Trinajstić information content (AvgIpc) is 2.64. The number of carbonyl (C=O) groups excluding carboxylic acids is 2. The van der Waals surface area contributed by atoms with Crippen LogP contribution in [0, 0.1) is 0 Å². The summed E-state index contributed by atoms with van der Waals surface area (Å²) in [5, 5.41) is 8.22. The van der Waals surface area contributed by atoms with Crippen LogP contribution in [-0.2, 0) is 11.3 Å². The zero-order valence-electron chi connectivity index (χ0n) is 14.0. The maximum Gasteiger partial charge on any atom is 0.318 e. The molecule has 0 radical (unpaired) electrons. The lowest BCUT2D eigenvalue weighted by molar-refractivity contribution is -0.116. The first-order valence-electron chi connectivity index (χ1n) is 7.89. The fourth-order valence-corrected chi connectivity index (χ4v) is 2.44. The number of amides is 3. The van der Waals surface area contributed by atoms with Gasteiger partial charge in [0.15, 0.2) is 0 Å². The van der Waals surface area contributed by atoms with Crippen molar-refractivity contribution in [3.8, 4) is 0 Å². The van der Waals surface area contributed by atoms with Crippen LogP contribution in [0.2, 0.25) is 0 Å². The number of rotatable bonds is 4. The molecule has 3 amide bonds. The lowest BCUT2D eigenvalue weighted by Crippen LogP contribution is -2.28. The predicted molar refractivity (Wildman–Crippen MR) is 99.2 cm³/mol. The molecule has 0 unspecified atom stereocenters. The molecule has 3 rings (SSSR count). The fourth-order valence-electron chi connectivity index (χ4n) is 2.44. The molecule has 0 saturated heterocycles. The van der Waals surface area contributed by atoms with Crippen molar-refractivity contribution in [2.75, 3.05) is 17.7 Å². The summed E-state index contributed by atoms with van der Waals surface area (Å²) in [6, 6.07) is 13.3. The molecule has 1 heterocycles. The first-order valence-corrected chi connectivity index (χ1v) is 7.89. The van der Waals surface area contributed by atoms with E-state index in [9.17, 15) is 14.4 Å². The summed E-state index contributed by atoms with van der Waals surface area (Å²) < 4.78 is 1.25. The summed E-state index contributed by atoms with van der Waals surface area (Å²) in [4.78, 5) is 40.2. The van der Waals surface area contributed by atoms with Crippen LogP contribution in [0.15, 0.2) is 59.7 Å². The first-order chi connectivity index (χ1) is 12.6. The number of urea groups is 1. The predicted octanol–water partition coefficient (Wildman–Crippen LogP) is 1.79. The topological polar surface area (TPSA) is 105 Å². The number of hydrogen-bond donors (Lipinski definition) is 3. The minimum Gasteiger partial charge on any atom is -0.341 e. The Bertz CT molecular complexity index is 1030. The molecule has 26 heavy (non-hydrogen) atoms. The Morgan fingerprint density at radius 2 is 1.77 bits per heavy atom. The van der Waals surface area contributed by atoms with E-state index in [2.05, 4.69) is 20.9 Å². The van der Waals surface area contributed by atoms with Gasteiger partial charge in [-0.2, -0.15) is 0 Å². The zero-order valence-corrected chi connectivity index (χ0v) is 14.0. The monoisotopic (exact) mass is 351 g/mol. The third-order valence-electron chi connectivity index (χ3n) is 3.68. The summed E-state index contributed by atoms with van der Waals surface area (Å²) in [6.45, 7) is -0.163. The summed E-state index contributed by atoms with van der Waals surface area (Å²) >= 11 is 0. The van der Waals surface area contributed by atoms with E-state index in [4.69, 9.17) is 0 Å². The average molecular weight is 351 g/mol. The zero-order chi connectivity index (χ0) is 18.5. The molecule has 0 bridgehead atoms. The van der Waals surface area contributed by atoms with Crippen molar-refractivity contribution in [3.63, 3.8) is 0 Å². The van der Waals surface area contributed by atoms with E-state index in [-0.39, 0.29) is 24.0 Å². The van der Waals surface area contributed by atoms with E-state index in [1.807, 2.05) is 0 Å². The number of aromatic nitrogens is 2. The fraction of sp³-hybridized carbons (Fsp3) is 0.111. The standard InChI is InChI=1S/C18H17N5O3/c1-19-18(26)22-13-6-4-5-12(9-13)21-16(24)10-23-11-20-15-8-3-2-7-14(15)17(23)25/h2-9,11H,10H2,1H3,(H,21,24)(H2,19,22,26). The number of para-hydroxylation sites is 1. The number of carbonyl (C=O) groups is 2. The van der Waals surface area contributed by atoms with Gasteiger partial charge in [-0.15, -0.1) is 0 Å². The summed E-state index contributed by atoms with van der Waals surface area (Å²) in [5.41, 5.74) is 1.35. The van der Waals surface area contributed by atoms with Crippen LogP contribution in [-0.4, -0.2) is 28.5 Å². The molecule has 132 valence electrons. The van der Waals surface area contributed by atoms with Gasteiger partial charge in [0, 0.05) is 18.4 Å². The van der Waals surface area contributed by atoms with E-state index in [0.29, 0.717) is 22.3 Å². The minimum atomic E-state index is -0.374. The number of hydrogen-bond acceptors (Lipinski definition) is 4. The molecule has 3 N–H and O–H groups in total. The molecular formula is C18H17N5O3. The van der Waals surface area contributed by atoms with Gasteiger partial charge in [-0.05, 0) is 30.3 Å². The van der Waals surface area contributed by atoms with Crippen LogP contribution in [0.5, 0.6) is 0 Å². The molecule has 8 heteroatoms. The van der Waals surface area contributed by atoms with Crippen LogP contribution < -0.4 is 21.5 Å². The van der Waals surface area contributed by atoms with Crippen LogP contribution in [0.3, 0.4) is 0 Å². The van der Waals surface area contributed by atoms with Crippen molar-refractivity contribution in [2.45, 2.75) is 6.54 Å². The highest BCUT2D eigenvalue weighted by Crippen LogP contribution is 2.15. The van der Waals surface area contributed by atoms with Gasteiger partial charge in [0.2, 0.25) is 5.91 Å². The summed E-state index contributed by atoms with van der Waals surface area (Å²) in [5.74, 6) is -0.374. The Morgan fingerprint density at radius 1 is 1.04 bits per heavy atom. The molecule has 0 atom stereocenters. The molecule has 0 spiro atoms. The van der Waals surface area contributed by atoms with E-state index in [1.165, 1.54) is 17.9 Å². The van der Waals surface area contributed by atoms with Crippen molar-refractivity contribution in [2.24, 2.45) is 0 Å². The van der Waals surface area contributed by atoms with Gasteiger partial charge in [0.25, 0.3) is 5.56 Å². The van der Waals surface area contributed by atoms with Gasteiger partial charge in [-0.25, -0.2) is 9.78 Å². The van der Waals surface area contributed by atoms with E-state index in [0.717, 1.165) is 0 Å². The lowest BCUT2D eigenvalue weighted by atomic mass is 10.2. The van der Waals surface area contributed by atoms with Crippen molar-refractivity contribution >= 4 is 34.2 Å². The van der Waals surface area contributed by atoms with Crippen LogP contribution in [0.25, 0.3) is 10.9 Å². The second-order valence-electron chi connectivity index (χ2n) is 5.53. The van der Waals surface area contributed by atoms with Crippen molar-refractivity contribution in [3.05, 3.63) is 65.2 Å². The van der Waals surface area contributed by atoms with Crippen molar-refractivity contribution in [1.82, 2.24) is 14.9 Å². The molecule has 1 aromatic heterocycles. The van der Waals surface area contributed by atoms with E-state index in [1.54, 1.807) is 48.5 Å². The van der Waals surface area contributed by atoms with Crippen molar-refractivity contribution < 1.29 is 9.59 Å². The van der Waals surface area contributed by atoms with Gasteiger partial charge in [-0.1, -0.05) is 18.2 Å². The van der Waals surface area contributed by atoms with Crippen LogP contribution in [0.4, 0.5) is 16.2 Å². The van der Waals surface area contributed by atoms with Crippen molar-refractivity contribution in [1.29, 1.82) is 0 Å². The molecule has 8 nitrogen and oxygen atoms in total. The van der Waals surface area contributed by atoms with E-state index < -0.39 is 0 Å². The van der Waals surface area contributed by atoms with Gasteiger partial charge >= 0.3 is 6.03 Å². The molecule has 0 aliphatic rings. The number of benzene rings is 2. The minimum absolute atomic E-state index is 0.163. The Labute approximate surface area is 148 Å². The largest absolute Gasteiger partial charge is 0.341 e. The van der Waals surface area contributed by atoms with Gasteiger partial charge in [0.1, 0.15) is 6.54 Å². The Hall–Kier alpha value is -3.68. The number of nitrogens with one attached hydrogen (secondary N) is 3. The highest BCUT2D eigenvalue weighted by atomic mass is 16.2. The quantitative estimate of drug-likeness (QED) is 0.666. The maximum atomic E-state index is 12.4. The molecular weight excluding hydrogens is 334 g/mol. The Morgan fingerprint density at radius 3 is 2.54 bits per heavy atom. The number of anilines is 2. The highest BCUT2D eigenvalue weighted by Gasteiger charge is 2.09. The van der Waals surface area contributed by atoms with Gasteiger partial charge < -0.3 is 16.0 Å².